The highest BCUT2D eigenvalue weighted by Gasteiger charge is 2.21. The Kier molecular flexibility index (Phi) is 5.21. The van der Waals surface area contributed by atoms with Crippen LogP contribution in [0.5, 0.6) is 0 Å². The first-order valence-electron chi connectivity index (χ1n) is 11.6. The summed E-state index contributed by atoms with van der Waals surface area (Å²) in [6.45, 7) is 8.72. The average Bonchev–Trinajstić information content (AvgIpc) is 3.18. The first-order valence-corrected chi connectivity index (χ1v) is 11.6. The summed E-state index contributed by atoms with van der Waals surface area (Å²) in [6, 6.07) is 19.7. The van der Waals surface area contributed by atoms with E-state index in [4.69, 9.17) is 9.40 Å². The summed E-state index contributed by atoms with van der Waals surface area (Å²) >= 11 is 0. The summed E-state index contributed by atoms with van der Waals surface area (Å²) in [5.41, 5.74) is 5.58. The van der Waals surface area contributed by atoms with Crippen molar-refractivity contribution in [2.24, 2.45) is 0 Å². The molecule has 0 aliphatic carbocycles. The summed E-state index contributed by atoms with van der Waals surface area (Å²) in [4.78, 5) is 5.15. The number of nitrogens with zero attached hydrogens (tertiary/aromatic N) is 1. The summed E-state index contributed by atoms with van der Waals surface area (Å²) < 4.78 is 21.3. The molecule has 0 unspecified atom stereocenters. The fourth-order valence-electron chi connectivity index (χ4n) is 4.74. The Bertz CT molecular complexity index is 1440. The van der Waals surface area contributed by atoms with Crippen molar-refractivity contribution < 1.29 is 8.81 Å². The van der Waals surface area contributed by atoms with Gasteiger partial charge in [0.25, 0.3) is 0 Å². The van der Waals surface area contributed by atoms with Gasteiger partial charge in [-0.3, -0.25) is 4.98 Å². The van der Waals surface area contributed by atoms with Crippen molar-refractivity contribution in [1.82, 2.24) is 4.98 Å². The first-order chi connectivity index (χ1) is 15.5. The molecule has 162 valence electrons. The van der Waals surface area contributed by atoms with E-state index in [-0.39, 0.29) is 11.7 Å². The lowest BCUT2D eigenvalue weighted by Crippen LogP contribution is -2.02. The lowest BCUT2D eigenvalue weighted by molar-refractivity contribution is 0.621. The van der Waals surface area contributed by atoms with Crippen LogP contribution in [0, 0.1) is 5.82 Å². The Hall–Kier alpha value is -3.20. The molecule has 0 spiro atoms. The Morgan fingerprint density at radius 1 is 0.844 bits per heavy atom. The molecule has 0 atom stereocenters. The molecule has 0 bridgehead atoms. The van der Waals surface area contributed by atoms with Gasteiger partial charge in [0.05, 0.1) is 5.69 Å². The zero-order valence-electron chi connectivity index (χ0n) is 19.1. The van der Waals surface area contributed by atoms with Gasteiger partial charge in [-0.05, 0) is 54.7 Å². The number of benzene rings is 3. The molecular formula is C29H28FNO. The van der Waals surface area contributed by atoms with Gasteiger partial charge >= 0.3 is 0 Å². The Morgan fingerprint density at radius 2 is 1.59 bits per heavy atom. The van der Waals surface area contributed by atoms with E-state index in [9.17, 15) is 4.39 Å². The van der Waals surface area contributed by atoms with E-state index in [1.807, 2.05) is 30.3 Å². The number of pyridine rings is 1. The molecule has 0 saturated carbocycles. The SMILES string of the molecule is CCC(CC)c1cc2c(F)cccc2c(-c2cc(C(C)C)cc3c2oc2ccccc23)n1. The van der Waals surface area contributed by atoms with Gasteiger partial charge in [0, 0.05) is 38.7 Å². The molecule has 0 fully saturated rings. The molecule has 5 rings (SSSR count). The Labute approximate surface area is 188 Å². The molecule has 2 heterocycles. The van der Waals surface area contributed by atoms with Crippen molar-refractivity contribution in [3.63, 3.8) is 0 Å². The molecular weight excluding hydrogens is 397 g/mol. The fraction of sp³-hybridized carbons (Fsp3) is 0.276. The van der Waals surface area contributed by atoms with Crippen LogP contribution in [0.3, 0.4) is 0 Å². The lowest BCUT2D eigenvalue weighted by atomic mass is 9.92. The van der Waals surface area contributed by atoms with Gasteiger partial charge < -0.3 is 4.42 Å². The standard InChI is InChI=1S/C29H28FNO/c1-5-18(6-2)26-16-22-21(11-9-12-25(22)30)28(31-26)24-15-19(17(3)4)14-23-20-10-7-8-13-27(20)32-29(23)24/h7-18H,5-6H2,1-4H3. The van der Waals surface area contributed by atoms with Crippen LogP contribution < -0.4 is 0 Å². The lowest BCUT2D eigenvalue weighted by Gasteiger charge is -2.17. The molecule has 32 heavy (non-hydrogen) atoms. The van der Waals surface area contributed by atoms with Crippen molar-refractivity contribution in [2.75, 3.05) is 0 Å². The van der Waals surface area contributed by atoms with Gasteiger partial charge in [0.2, 0.25) is 0 Å². The van der Waals surface area contributed by atoms with Crippen LogP contribution in [-0.2, 0) is 0 Å². The molecule has 3 heteroatoms. The average molecular weight is 426 g/mol. The number of furan rings is 1. The zero-order chi connectivity index (χ0) is 22.4. The quantitative estimate of drug-likeness (QED) is 0.281. The Morgan fingerprint density at radius 3 is 2.34 bits per heavy atom. The second-order valence-corrected chi connectivity index (χ2v) is 8.94. The first kappa shape index (κ1) is 20.7. The van der Waals surface area contributed by atoms with Gasteiger partial charge in [-0.2, -0.15) is 0 Å². The van der Waals surface area contributed by atoms with Gasteiger partial charge in [-0.25, -0.2) is 4.39 Å². The van der Waals surface area contributed by atoms with Crippen LogP contribution in [0.4, 0.5) is 4.39 Å². The zero-order valence-corrected chi connectivity index (χ0v) is 19.1. The third-order valence-corrected chi connectivity index (χ3v) is 6.67. The van der Waals surface area contributed by atoms with E-state index in [0.717, 1.165) is 57.1 Å². The molecule has 5 aromatic rings. The maximum absolute atomic E-state index is 15.0. The molecule has 0 aliphatic heterocycles. The van der Waals surface area contributed by atoms with E-state index >= 15 is 0 Å². The van der Waals surface area contributed by atoms with Crippen LogP contribution in [0.1, 0.15) is 63.6 Å². The number of hydrogen-bond acceptors (Lipinski definition) is 2. The van der Waals surface area contributed by atoms with Crippen molar-refractivity contribution in [1.29, 1.82) is 0 Å². The number of fused-ring (bicyclic) bond motifs is 4. The number of rotatable bonds is 5. The van der Waals surface area contributed by atoms with Crippen molar-refractivity contribution in [3.8, 4) is 11.3 Å². The van der Waals surface area contributed by atoms with Gasteiger partial charge in [0.1, 0.15) is 17.0 Å². The predicted octanol–water partition coefficient (Wildman–Crippen LogP) is 8.97. The maximum atomic E-state index is 15.0. The van der Waals surface area contributed by atoms with Gasteiger partial charge in [0.15, 0.2) is 0 Å². The van der Waals surface area contributed by atoms with E-state index in [2.05, 4.69) is 45.9 Å². The maximum Gasteiger partial charge on any atom is 0.144 e. The van der Waals surface area contributed by atoms with E-state index < -0.39 is 0 Å². The molecule has 2 nitrogen and oxygen atoms in total. The van der Waals surface area contributed by atoms with E-state index in [1.54, 1.807) is 6.07 Å². The van der Waals surface area contributed by atoms with Crippen LogP contribution in [0.2, 0.25) is 0 Å². The molecule has 0 amide bonds. The number of para-hydroxylation sites is 1. The molecule has 0 radical (unpaired) electrons. The largest absolute Gasteiger partial charge is 0.455 e. The molecule has 3 aromatic carbocycles. The minimum atomic E-state index is -0.209. The predicted molar refractivity (Wildman–Crippen MR) is 132 cm³/mol. The summed E-state index contributed by atoms with van der Waals surface area (Å²) in [6.07, 6.45) is 1.93. The monoisotopic (exact) mass is 425 g/mol. The third kappa shape index (κ3) is 3.28. The minimum Gasteiger partial charge on any atom is -0.455 e. The van der Waals surface area contributed by atoms with Crippen molar-refractivity contribution in [2.45, 2.75) is 52.4 Å². The second kappa shape index (κ2) is 8.05. The van der Waals surface area contributed by atoms with Crippen LogP contribution in [0.15, 0.2) is 65.1 Å². The highest BCUT2D eigenvalue weighted by molar-refractivity contribution is 6.12. The third-order valence-electron chi connectivity index (χ3n) is 6.67. The molecule has 0 aliphatic rings. The van der Waals surface area contributed by atoms with E-state index in [1.165, 1.54) is 11.6 Å². The minimum absolute atomic E-state index is 0.209. The van der Waals surface area contributed by atoms with E-state index in [0.29, 0.717) is 11.3 Å². The van der Waals surface area contributed by atoms with Crippen molar-refractivity contribution in [3.05, 3.63) is 77.7 Å². The summed E-state index contributed by atoms with van der Waals surface area (Å²) in [5, 5.41) is 3.62. The highest BCUT2D eigenvalue weighted by Crippen LogP contribution is 2.41. The van der Waals surface area contributed by atoms with Crippen LogP contribution >= 0.6 is 0 Å². The second-order valence-electron chi connectivity index (χ2n) is 8.94. The smallest absolute Gasteiger partial charge is 0.144 e. The number of hydrogen-bond donors (Lipinski definition) is 0. The summed E-state index contributed by atoms with van der Waals surface area (Å²) in [7, 11) is 0. The number of halogens is 1. The van der Waals surface area contributed by atoms with Gasteiger partial charge in [-0.15, -0.1) is 0 Å². The van der Waals surface area contributed by atoms with Gasteiger partial charge in [-0.1, -0.05) is 58.0 Å². The fourth-order valence-corrected chi connectivity index (χ4v) is 4.74. The number of aromatic nitrogens is 1. The normalized spacial score (nSPS) is 12.1. The Balaban J connectivity index is 1.93. The molecule has 0 saturated heterocycles. The van der Waals surface area contributed by atoms with Crippen LogP contribution in [-0.4, -0.2) is 4.98 Å². The van der Waals surface area contributed by atoms with Crippen LogP contribution in [0.25, 0.3) is 44.0 Å². The highest BCUT2D eigenvalue weighted by atomic mass is 19.1. The van der Waals surface area contributed by atoms with Crippen molar-refractivity contribution >= 4 is 32.7 Å². The molecule has 2 aromatic heterocycles. The molecule has 0 N–H and O–H groups in total. The topological polar surface area (TPSA) is 26.0 Å². The summed E-state index contributed by atoms with van der Waals surface area (Å²) in [5.74, 6) is 0.424.